The third-order valence-corrected chi connectivity index (χ3v) is 6.98. The van der Waals surface area contributed by atoms with Crippen molar-refractivity contribution in [2.75, 3.05) is 26.2 Å². The van der Waals surface area contributed by atoms with E-state index in [0.717, 1.165) is 0 Å². The van der Waals surface area contributed by atoms with Gasteiger partial charge in [-0.25, -0.2) is 13.4 Å². The molecule has 1 fully saturated rings. The average molecular weight is 479 g/mol. The SMILES string of the molecule is O=C(c1cccc(Cl)c1)N1CCN(S(=O)(=O)c2cc(Br)cnc2Cl)CC1. The molecule has 2 aromatic rings. The van der Waals surface area contributed by atoms with E-state index in [0.29, 0.717) is 15.1 Å². The molecule has 0 spiro atoms. The van der Waals surface area contributed by atoms with E-state index in [1.165, 1.54) is 16.6 Å². The quantitative estimate of drug-likeness (QED) is 0.634. The number of hydrogen-bond donors (Lipinski definition) is 0. The van der Waals surface area contributed by atoms with Crippen LogP contribution >= 0.6 is 39.1 Å². The molecule has 0 N–H and O–H groups in total. The highest BCUT2D eigenvalue weighted by Crippen LogP contribution is 2.26. The smallest absolute Gasteiger partial charge is 0.253 e. The number of benzene rings is 1. The first-order valence-corrected chi connectivity index (χ1v) is 10.6. The summed E-state index contributed by atoms with van der Waals surface area (Å²) in [6.45, 7) is 0.919. The highest BCUT2D eigenvalue weighted by molar-refractivity contribution is 9.10. The van der Waals surface area contributed by atoms with Crippen molar-refractivity contribution >= 4 is 55.1 Å². The summed E-state index contributed by atoms with van der Waals surface area (Å²) in [7, 11) is -3.79. The van der Waals surface area contributed by atoms with Gasteiger partial charge in [-0.3, -0.25) is 4.79 Å². The number of hydrogen-bond acceptors (Lipinski definition) is 4. The number of carbonyl (C=O) groups excluding carboxylic acids is 1. The number of amides is 1. The molecule has 26 heavy (non-hydrogen) atoms. The fraction of sp³-hybridized carbons (Fsp3) is 0.250. The minimum atomic E-state index is -3.79. The van der Waals surface area contributed by atoms with E-state index in [2.05, 4.69) is 20.9 Å². The Balaban J connectivity index is 1.74. The van der Waals surface area contributed by atoms with Gasteiger partial charge in [-0.1, -0.05) is 29.3 Å². The van der Waals surface area contributed by atoms with Gasteiger partial charge in [-0.15, -0.1) is 0 Å². The van der Waals surface area contributed by atoms with Gasteiger partial charge in [0, 0.05) is 47.4 Å². The highest BCUT2D eigenvalue weighted by Gasteiger charge is 2.32. The standard InChI is InChI=1S/C16H14BrCl2N3O3S/c17-12-9-14(15(19)20-10-12)26(24,25)22-6-4-21(5-7-22)16(23)11-2-1-3-13(18)8-11/h1-3,8-10H,4-7H2. The molecule has 1 aromatic heterocycles. The maximum Gasteiger partial charge on any atom is 0.253 e. The molecule has 1 amide bonds. The molecule has 1 aliphatic rings. The van der Waals surface area contributed by atoms with Crippen LogP contribution in [-0.2, 0) is 10.0 Å². The zero-order chi connectivity index (χ0) is 18.9. The van der Waals surface area contributed by atoms with E-state index in [-0.39, 0.29) is 42.1 Å². The fourth-order valence-electron chi connectivity index (χ4n) is 2.66. The van der Waals surface area contributed by atoms with Crippen LogP contribution in [0, 0.1) is 0 Å². The van der Waals surface area contributed by atoms with Crippen LogP contribution in [-0.4, -0.2) is 54.7 Å². The van der Waals surface area contributed by atoms with Crippen LogP contribution in [0.25, 0.3) is 0 Å². The summed E-state index contributed by atoms with van der Waals surface area (Å²) in [4.78, 5) is 18.0. The van der Waals surface area contributed by atoms with Crippen LogP contribution < -0.4 is 0 Å². The van der Waals surface area contributed by atoms with E-state index in [1.807, 2.05) is 0 Å². The molecule has 0 unspecified atom stereocenters. The molecule has 2 heterocycles. The molecule has 6 nitrogen and oxygen atoms in total. The predicted octanol–water partition coefficient (Wildman–Crippen LogP) is 3.30. The van der Waals surface area contributed by atoms with Crippen molar-refractivity contribution in [3.05, 3.63) is 56.7 Å². The van der Waals surface area contributed by atoms with Crippen LogP contribution in [0.1, 0.15) is 10.4 Å². The van der Waals surface area contributed by atoms with Crippen molar-refractivity contribution in [2.24, 2.45) is 0 Å². The van der Waals surface area contributed by atoms with Crippen molar-refractivity contribution in [1.82, 2.24) is 14.2 Å². The van der Waals surface area contributed by atoms with Gasteiger partial charge < -0.3 is 4.90 Å². The normalized spacial score (nSPS) is 15.9. The molecule has 0 saturated carbocycles. The fourth-order valence-corrected chi connectivity index (χ4v) is 5.19. The second kappa shape index (κ2) is 7.82. The Bertz CT molecular complexity index is 948. The highest BCUT2D eigenvalue weighted by atomic mass is 79.9. The number of aromatic nitrogens is 1. The first-order valence-electron chi connectivity index (χ1n) is 7.65. The summed E-state index contributed by atoms with van der Waals surface area (Å²) in [5, 5.41) is 0.402. The minimum Gasteiger partial charge on any atom is -0.336 e. The van der Waals surface area contributed by atoms with E-state index >= 15 is 0 Å². The van der Waals surface area contributed by atoms with Gasteiger partial charge >= 0.3 is 0 Å². The van der Waals surface area contributed by atoms with Crippen LogP contribution in [0.4, 0.5) is 0 Å². The molecular weight excluding hydrogens is 465 g/mol. The lowest BCUT2D eigenvalue weighted by Crippen LogP contribution is -2.50. The monoisotopic (exact) mass is 477 g/mol. The lowest BCUT2D eigenvalue weighted by atomic mass is 10.2. The Kier molecular flexibility index (Phi) is 5.88. The van der Waals surface area contributed by atoms with Gasteiger partial charge in [0.25, 0.3) is 5.91 Å². The third kappa shape index (κ3) is 4.04. The van der Waals surface area contributed by atoms with Gasteiger partial charge in [0.15, 0.2) is 0 Å². The molecule has 0 bridgehead atoms. The van der Waals surface area contributed by atoms with E-state index in [4.69, 9.17) is 23.2 Å². The summed E-state index contributed by atoms with van der Waals surface area (Å²) in [6, 6.07) is 8.11. The Morgan fingerprint density at radius 1 is 1.12 bits per heavy atom. The first kappa shape index (κ1) is 19.6. The summed E-state index contributed by atoms with van der Waals surface area (Å²) < 4.78 is 27.5. The van der Waals surface area contributed by atoms with Gasteiger partial charge in [0.05, 0.1) is 0 Å². The molecule has 138 valence electrons. The zero-order valence-corrected chi connectivity index (χ0v) is 17.3. The molecule has 0 radical (unpaired) electrons. The number of halogens is 3. The molecule has 1 saturated heterocycles. The Morgan fingerprint density at radius 2 is 1.81 bits per heavy atom. The maximum atomic E-state index is 12.8. The summed E-state index contributed by atoms with van der Waals surface area (Å²) in [6.07, 6.45) is 1.43. The lowest BCUT2D eigenvalue weighted by molar-refractivity contribution is 0.0698. The van der Waals surface area contributed by atoms with Crippen molar-refractivity contribution in [3.63, 3.8) is 0 Å². The summed E-state index contributed by atoms with van der Waals surface area (Å²) >= 11 is 15.1. The molecule has 0 aliphatic carbocycles. The van der Waals surface area contributed by atoms with Gasteiger partial charge in [0.2, 0.25) is 10.0 Å². The number of sulfonamides is 1. The Hall–Kier alpha value is -1.19. The predicted molar refractivity (Wildman–Crippen MR) is 103 cm³/mol. The van der Waals surface area contributed by atoms with E-state index in [1.54, 1.807) is 29.2 Å². The third-order valence-electron chi connectivity index (χ3n) is 3.99. The van der Waals surface area contributed by atoms with Crippen LogP contribution in [0.15, 0.2) is 45.9 Å². The van der Waals surface area contributed by atoms with Crippen LogP contribution in [0.2, 0.25) is 10.2 Å². The molecular formula is C16H14BrCl2N3O3S. The number of carbonyl (C=O) groups is 1. The van der Waals surface area contributed by atoms with Crippen LogP contribution in [0.5, 0.6) is 0 Å². The molecule has 1 aromatic carbocycles. The number of rotatable bonds is 3. The van der Waals surface area contributed by atoms with Crippen molar-refractivity contribution in [1.29, 1.82) is 0 Å². The van der Waals surface area contributed by atoms with E-state index in [9.17, 15) is 13.2 Å². The second-order valence-corrected chi connectivity index (χ2v) is 9.27. The molecule has 10 heteroatoms. The molecule has 3 rings (SSSR count). The zero-order valence-electron chi connectivity index (χ0n) is 13.4. The molecule has 1 aliphatic heterocycles. The van der Waals surface area contributed by atoms with Crippen molar-refractivity contribution in [3.8, 4) is 0 Å². The van der Waals surface area contributed by atoms with Crippen molar-refractivity contribution < 1.29 is 13.2 Å². The van der Waals surface area contributed by atoms with E-state index < -0.39 is 10.0 Å². The minimum absolute atomic E-state index is 0.0526. The average Bonchev–Trinajstić information content (AvgIpc) is 2.63. The second-order valence-electron chi connectivity index (χ2n) is 5.65. The van der Waals surface area contributed by atoms with Gasteiger partial charge in [-0.2, -0.15) is 4.31 Å². The summed E-state index contributed by atoms with van der Waals surface area (Å²) in [5.41, 5.74) is 0.480. The first-order chi connectivity index (χ1) is 12.3. The Labute approximate surface area is 169 Å². The van der Waals surface area contributed by atoms with Crippen molar-refractivity contribution in [2.45, 2.75) is 4.90 Å². The Morgan fingerprint density at radius 3 is 2.46 bits per heavy atom. The largest absolute Gasteiger partial charge is 0.336 e. The maximum absolute atomic E-state index is 12.8. The van der Waals surface area contributed by atoms with Gasteiger partial charge in [0.1, 0.15) is 10.0 Å². The topological polar surface area (TPSA) is 70.6 Å². The van der Waals surface area contributed by atoms with Gasteiger partial charge in [-0.05, 0) is 40.2 Å². The number of nitrogens with zero attached hydrogens (tertiary/aromatic N) is 3. The van der Waals surface area contributed by atoms with Crippen LogP contribution in [0.3, 0.4) is 0 Å². The number of pyridine rings is 1. The summed E-state index contributed by atoms with van der Waals surface area (Å²) in [5.74, 6) is -0.174. The lowest BCUT2D eigenvalue weighted by Gasteiger charge is -2.34. The molecule has 0 atom stereocenters. The number of piperazine rings is 1.